The average Bonchev–Trinajstić information content (AvgIpc) is 2.29. The molecule has 0 radical (unpaired) electrons. The van der Waals surface area contributed by atoms with Gasteiger partial charge in [-0.15, -0.1) is 0 Å². The molecule has 0 bridgehead atoms. The van der Waals surface area contributed by atoms with E-state index in [1.165, 1.54) is 21.7 Å². The van der Waals surface area contributed by atoms with Crippen molar-refractivity contribution in [2.45, 2.75) is 5.32 Å². The first-order valence-corrected chi connectivity index (χ1v) is 6.83. The fourth-order valence-corrected chi connectivity index (χ4v) is 3.96. The van der Waals surface area contributed by atoms with Gasteiger partial charge in [0.05, 0.1) is 0 Å². The summed E-state index contributed by atoms with van der Waals surface area (Å²) in [5, 5.41) is 4.08. The van der Waals surface area contributed by atoms with Gasteiger partial charge in [-0.25, -0.2) is 0 Å². The maximum atomic E-state index is 2.29. The number of hydrogen-bond donors (Lipinski definition) is 0. The number of rotatable bonds is 0. The van der Waals surface area contributed by atoms with Gasteiger partial charge in [0.2, 0.25) is 0 Å². The normalized spacial score (nSPS) is 14.3. The Balaban J connectivity index is 2.41. The van der Waals surface area contributed by atoms with Crippen molar-refractivity contribution in [3.05, 3.63) is 48.0 Å². The van der Waals surface area contributed by atoms with E-state index in [9.17, 15) is 0 Å². The third kappa shape index (κ3) is 1.21. The summed E-state index contributed by atoms with van der Waals surface area (Å²) in [5.74, 6) is 0. The first kappa shape index (κ1) is 8.28. The monoisotopic (exact) mass is 246 g/mol. The zero-order valence-electron chi connectivity index (χ0n) is 7.73. The molecule has 1 aliphatic rings. The SMILES string of the molecule is C1=Cc2ccc3ccccc3c2[Se]C1. The Labute approximate surface area is 89.8 Å². The summed E-state index contributed by atoms with van der Waals surface area (Å²) >= 11 is 0.630. The summed E-state index contributed by atoms with van der Waals surface area (Å²) in [4.78, 5) is 0. The van der Waals surface area contributed by atoms with E-state index in [0.29, 0.717) is 15.0 Å². The van der Waals surface area contributed by atoms with E-state index in [1.54, 1.807) is 4.46 Å². The predicted octanol–water partition coefficient (Wildman–Crippen LogP) is 2.61. The van der Waals surface area contributed by atoms with E-state index in [4.69, 9.17) is 0 Å². The zero-order valence-corrected chi connectivity index (χ0v) is 9.45. The van der Waals surface area contributed by atoms with Crippen LogP contribution in [0.2, 0.25) is 5.32 Å². The summed E-state index contributed by atoms with van der Waals surface area (Å²) in [6.45, 7) is 0. The van der Waals surface area contributed by atoms with Crippen molar-refractivity contribution in [3.63, 3.8) is 0 Å². The second-order valence-electron chi connectivity index (χ2n) is 3.42. The molecule has 0 amide bonds. The summed E-state index contributed by atoms with van der Waals surface area (Å²) in [6, 6.07) is 13.2. The minimum atomic E-state index is 0.630. The second-order valence-corrected chi connectivity index (χ2v) is 5.58. The van der Waals surface area contributed by atoms with Crippen LogP contribution in [0.5, 0.6) is 0 Å². The van der Waals surface area contributed by atoms with E-state index in [1.807, 2.05) is 0 Å². The molecular formula is C13H10Se. The average molecular weight is 245 g/mol. The van der Waals surface area contributed by atoms with Gasteiger partial charge in [0.1, 0.15) is 0 Å². The van der Waals surface area contributed by atoms with E-state index >= 15 is 0 Å². The van der Waals surface area contributed by atoms with Crippen molar-refractivity contribution in [1.82, 2.24) is 0 Å². The molecule has 0 saturated carbocycles. The topological polar surface area (TPSA) is 0 Å². The Morgan fingerprint density at radius 1 is 1.00 bits per heavy atom. The molecule has 1 aliphatic heterocycles. The van der Waals surface area contributed by atoms with Crippen LogP contribution in [-0.2, 0) is 0 Å². The molecule has 3 rings (SSSR count). The summed E-state index contributed by atoms with van der Waals surface area (Å²) in [5.41, 5.74) is 1.43. The molecule has 0 unspecified atom stereocenters. The van der Waals surface area contributed by atoms with E-state index < -0.39 is 0 Å². The third-order valence-corrected chi connectivity index (χ3v) is 4.85. The van der Waals surface area contributed by atoms with Crippen LogP contribution in [0.3, 0.4) is 0 Å². The summed E-state index contributed by atoms with van der Waals surface area (Å²) < 4.78 is 1.58. The van der Waals surface area contributed by atoms with Crippen LogP contribution in [0.25, 0.3) is 16.8 Å². The molecule has 1 heterocycles. The van der Waals surface area contributed by atoms with Crippen molar-refractivity contribution < 1.29 is 0 Å². The molecule has 2 aromatic carbocycles. The van der Waals surface area contributed by atoms with E-state index in [0.717, 1.165) is 0 Å². The molecule has 0 aliphatic carbocycles. The van der Waals surface area contributed by atoms with Crippen LogP contribution in [-0.4, -0.2) is 15.0 Å². The van der Waals surface area contributed by atoms with Crippen LogP contribution in [0.4, 0.5) is 0 Å². The molecule has 2 aromatic rings. The van der Waals surface area contributed by atoms with Crippen molar-refractivity contribution in [3.8, 4) is 0 Å². The van der Waals surface area contributed by atoms with Gasteiger partial charge < -0.3 is 0 Å². The molecule has 0 nitrogen and oxygen atoms in total. The zero-order chi connectivity index (χ0) is 9.38. The molecule has 0 N–H and O–H groups in total. The molecule has 0 aromatic heterocycles. The molecular weight excluding hydrogens is 235 g/mol. The van der Waals surface area contributed by atoms with Crippen LogP contribution >= 0.6 is 0 Å². The molecule has 0 atom stereocenters. The Bertz CT molecular complexity index is 512. The molecule has 1 heteroatoms. The predicted molar refractivity (Wildman–Crippen MR) is 63.2 cm³/mol. The third-order valence-electron chi connectivity index (χ3n) is 2.53. The van der Waals surface area contributed by atoms with E-state index in [-0.39, 0.29) is 0 Å². The summed E-state index contributed by atoms with van der Waals surface area (Å²) in [7, 11) is 0. The number of hydrogen-bond acceptors (Lipinski definition) is 0. The van der Waals surface area contributed by atoms with Crippen molar-refractivity contribution in [1.29, 1.82) is 0 Å². The van der Waals surface area contributed by atoms with Gasteiger partial charge in [-0.05, 0) is 0 Å². The minimum absolute atomic E-state index is 0.630. The Kier molecular flexibility index (Phi) is 1.93. The van der Waals surface area contributed by atoms with Crippen LogP contribution in [0, 0.1) is 0 Å². The van der Waals surface area contributed by atoms with Crippen LogP contribution in [0.1, 0.15) is 5.56 Å². The Morgan fingerprint density at radius 2 is 1.93 bits per heavy atom. The second kappa shape index (κ2) is 3.27. The van der Waals surface area contributed by atoms with Gasteiger partial charge in [0, 0.05) is 0 Å². The van der Waals surface area contributed by atoms with Crippen LogP contribution in [0.15, 0.2) is 42.5 Å². The fraction of sp³-hybridized carbons (Fsp3) is 0.0769. The van der Waals surface area contributed by atoms with Crippen molar-refractivity contribution in [2.75, 3.05) is 0 Å². The molecule has 14 heavy (non-hydrogen) atoms. The van der Waals surface area contributed by atoms with Gasteiger partial charge in [-0.1, -0.05) is 0 Å². The van der Waals surface area contributed by atoms with Gasteiger partial charge in [-0.3, -0.25) is 0 Å². The molecule has 0 fully saturated rings. The van der Waals surface area contributed by atoms with Gasteiger partial charge in [0.25, 0.3) is 0 Å². The van der Waals surface area contributed by atoms with E-state index in [2.05, 4.69) is 48.6 Å². The Morgan fingerprint density at radius 3 is 2.93 bits per heavy atom. The summed E-state index contributed by atoms with van der Waals surface area (Å²) in [6.07, 6.45) is 4.55. The first-order chi connectivity index (χ1) is 6.95. The Hall–Kier alpha value is -1.04. The fourth-order valence-electron chi connectivity index (χ4n) is 1.86. The van der Waals surface area contributed by atoms with Crippen molar-refractivity contribution in [2.24, 2.45) is 0 Å². The molecule has 0 spiro atoms. The first-order valence-electron chi connectivity index (χ1n) is 4.76. The van der Waals surface area contributed by atoms with Crippen molar-refractivity contribution >= 4 is 36.3 Å². The standard InChI is InChI=1S/C13H10Se/c1-2-6-12-10(4-1)7-8-11-5-3-9-14-13(11)12/h1-8H,9H2. The molecule has 0 saturated heterocycles. The number of fused-ring (bicyclic) bond motifs is 3. The number of benzene rings is 2. The van der Waals surface area contributed by atoms with Gasteiger partial charge in [0.15, 0.2) is 0 Å². The molecule has 68 valence electrons. The van der Waals surface area contributed by atoms with Crippen LogP contribution < -0.4 is 4.46 Å². The maximum absolute atomic E-state index is 2.29. The van der Waals surface area contributed by atoms with Gasteiger partial charge in [-0.2, -0.15) is 0 Å². The quantitative estimate of drug-likeness (QED) is 0.626. The number of allylic oxidation sites excluding steroid dienone is 1. The van der Waals surface area contributed by atoms with Gasteiger partial charge >= 0.3 is 89.6 Å².